The van der Waals surface area contributed by atoms with Crippen LogP contribution in [0.15, 0.2) is 18.2 Å². The topological polar surface area (TPSA) is 82.3 Å². The molecule has 0 radical (unpaired) electrons. The van der Waals surface area contributed by atoms with Crippen LogP contribution >= 0.6 is 0 Å². The summed E-state index contributed by atoms with van der Waals surface area (Å²) < 4.78 is 5.12. The Morgan fingerprint density at radius 2 is 2.17 bits per heavy atom. The van der Waals surface area contributed by atoms with E-state index in [9.17, 15) is 9.90 Å². The molecule has 0 aliphatic heterocycles. The number of carbonyl (C=O) groups is 1. The first-order chi connectivity index (χ1) is 8.31. The van der Waals surface area contributed by atoms with Crippen molar-refractivity contribution in [1.29, 1.82) is 5.26 Å². The molecule has 5 heteroatoms. The second kappa shape index (κ2) is 5.41. The summed E-state index contributed by atoms with van der Waals surface area (Å²) >= 11 is 0. The van der Waals surface area contributed by atoms with Crippen LogP contribution in [0.3, 0.4) is 0 Å². The highest BCUT2D eigenvalue weighted by molar-refractivity contribution is 5.75. The lowest BCUT2D eigenvalue weighted by atomic mass is 10.2. The van der Waals surface area contributed by atoms with Crippen LogP contribution < -0.4 is 5.32 Å². The molecule has 18 heavy (non-hydrogen) atoms. The highest BCUT2D eigenvalue weighted by Crippen LogP contribution is 2.20. The number of rotatable bonds is 3. The van der Waals surface area contributed by atoms with Crippen LogP contribution in [-0.4, -0.2) is 23.2 Å². The minimum atomic E-state index is -0.522. The van der Waals surface area contributed by atoms with Gasteiger partial charge in [0, 0.05) is 5.69 Å². The maximum absolute atomic E-state index is 11.5. The van der Waals surface area contributed by atoms with Gasteiger partial charge in [-0.05, 0) is 39.0 Å². The zero-order valence-corrected chi connectivity index (χ0v) is 10.7. The SMILES string of the molecule is CC(C)(C)OC(=O)CNc1ccc(O)c(C#N)c1. The first-order valence-corrected chi connectivity index (χ1v) is 5.50. The molecule has 0 bridgehead atoms. The number of phenols is 1. The van der Waals surface area contributed by atoms with Crippen molar-refractivity contribution in [2.45, 2.75) is 26.4 Å². The number of nitrogens with zero attached hydrogens (tertiary/aromatic N) is 1. The van der Waals surface area contributed by atoms with Gasteiger partial charge in [0.25, 0.3) is 0 Å². The van der Waals surface area contributed by atoms with Crippen LogP contribution in [0.5, 0.6) is 5.75 Å². The molecule has 1 aromatic carbocycles. The Morgan fingerprint density at radius 3 is 2.72 bits per heavy atom. The van der Waals surface area contributed by atoms with Crippen LogP contribution in [0.1, 0.15) is 26.3 Å². The quantitative estimate of drug-likeness (QED) is 0.631. The van der Waals surface area contributed by atoms with E-state index in [1.54, 1.807) is 26.8 Å². The molecule has 0 amide bonds. The molecule has 0 fully saturated rings. The summed E-state index contributed by atoms with van der Waals surface area (Å²) in [5.41, 5.74) is 0.213. The average molecular weight is 248 g/mol. The maximum Gasteiger partial charge on any atom is 0.325 e. The minimum Gasteiger partial charge on any atom is -0.507 e. The average Bonchev–Trinajstić information content (AvgIpc) is 2.25. The fraction of sp³-hybridized carbons (Fsp3) is 0.385. The molecule has 0 saturated heterocycles. The highest BCUT2D eigenvalue weighted by atomic mass is 16.6. The molecule has 5 nitrogen and oxygen atoms in total. The van der Waals surface area contributed by atoms with Gasteiger partial charge in [-0.25, -0.2) is 0 Å². The first kappa shape index (κ1) is 13.8. The molecule has 0 aliphatic rings. The monoisotopic (exact) mass is 248 g/mol. The number of ether oxygens (including phenoxy) is 1. The molecule has 96 valence electrons. The molecule has 0 saturated carbocycles. The molecule has 2 N–H and O–H groups in total. The summed E-state index contributed by atoms with van der Waals surface area (Å²) in [7, 11) is 0. The smallest absolute Gasteiger partial charge is 0.325 e. The van der Waals surface area contributed by atoms with E-state index in [1.165, 1.54) is 12.1 Å². The van der Waals surface area contributed by atoms with E-state index in [0.29, 0.717) is 5.69 Å². The van der Waals surface area contributed by atoms with E-state index < -0.39 is 5.60 Å². The van der Waals surface area contributed by atoms with E-state index in [0.717, 1.165) is 0 Å². The van der Waals surface area contributed by atoms with Crippen molar-refractivity contribution >= 4 is 11.7 Å². The number of hydrogen-bond donors (Lipinski definition) is 2. The summed E-state index contributed by atoms with van der Waals surface area (Å²) in [4.78, 5) is 11.5. The van der Waals surface area contributed by atoms with Gasteiger partial charge in [-0.3, -0.25) is 4.79 Å². The zero-order valence-electron chi connectivity index (χ0n) is 10.7. The number of benzene rings is 1. The number of nitriles is 1. The molecular formula is C13H16N2O3. The van der Waals surface area contributed by atoms with E-state index in [4.69, 9.17) is 10.00 Å². The van der Waals surface area contributed by atoms with Crippen LogP contribution in [0.2, 0.25) is 0 Å². The Bertz CT molecular complexity index is 484. The summed E-state index contributed by atoms with van der Waals surface area (Å²) in [6.45, 7) is 5.38. The molecular weight excluding hydrogens is 232 g/mol. The van der Waals surface area contributed by atoms with Gasteiger partial charge in [0.1, 0.15) is 24.0 Å². The van der Waals surface area contributed by atoms with Crippen molar-refractivity contribution in [3.8, 4) is 11.8 Å². The molecule has 0 aliphatic carbocycles. The Labute approximate surface area is 106 Å². The summed E-state index contributed by atoms with van der Waals surface area (Å²) in [6.07, 6.45) is 0. The van der Waals surface area contributed by atoms with Gasteiger partial charge < -0.3 is 15.2 Å². The normalized spacial score (nSPS) is 10.6. The van der Waals surface area contributed by atoms with Crippen LogP contribution in [-0.2, 0) is 9.53 Å². The van der Waals surface area contributed by atoms with E-state index >= 15 is 0 Å². The van der Waals surface area contributed by atoms with Crippen LogP contribution in [0.4, 0.5) is 5.69 Å². The Hall–Kier alpha value is -2.22. The number of hydrogen-bond acceptors (Lipinski definition) is 5. The predicted molar refractivity (Wildman–Crippen MR) is 67.2 cm³/mol. The lowest BCUT2D eigenvalue weighted by molar-refractivity contribution is -0.152. The molecule has 0 atom stereocenters. The summed E-state index contributed by atoms with van der Waals surface area (Å²) in [5.74, 6) is -0.464. The van der Waals surface area contributed by atoms with Gasteiger partial charge in [0.05, 0.1) is 5.56 Å². The molecule has 0 unspecified atom stereocenters. The largest absolute Gasteiger partial charge is 0.507 e. The fourth-order valence-corrected chi connectivity index (χ4v) is 1.29. The Kier molecular flexibility index (Phi) is 4.16. The number of carbonyl (C=O) groups excluding carboxylic acids is 1. The van der Waals surface area contributed by atoms with Crippen molar-refractivity contribution in [2.75, 3.05) is 11.9 Å². The molecule has 0 aromatic heterocycles. The Balaban J connectivity index is 2.60. The lowest BCUT2D eigenvalue weighted by Crippen LogP contribution is -2.28. The summed E-state index contributed by atoms with van der Waals surface area (Å²) in [6, 6.07) is 6.31. The van der Waals surface area contributed by atoms with Gasteiger partial charge in [-0.2, -0.15) is 5.26 Å². The summed E-state index contributed by atoms with van der Waals surface area (Å²) in [5, 5.41) is 20.9. The van der Waals surface area contributed by atoms with Crippen LogP contribution in [0.25, 0.3) is 0 Å². The molecule has 0 spiro atoms. The first-order valence-electron chi connectivity index (χ1n) is 5.50. The lowest BCUT2D eigenvalue weighted by Gasteiger charge is -2.19. The number of nitrogens with one attached hydrogen (secondary N) is 1. The van der Waals surface area contributed by atoms with Gasteiger partial charge >= 0.3 is 5.97 Å². The number of phenolic OH excluding ortho intramolecular Hbond substituents is 1. The van der Waals surface area contributed by atoms with E-state index in [-0.39, 0.29) is 23.8 Å². The molecule has 0 heterocycles. The van der Waals surface area contributed by atoms with Gasteiger partial charge in [-0.15, -0.1) is 0 Å². The number of anilines is 1. The van der Waals surface area contributed by atoms with Crippen molar-refractivity contribution < 1.29 is 14.6 Å². The maximum atomic E-state index is 11.5. The molecule has 1 aromatic rings. The van der Waals surface area contributed by atoms with Crippen molar-refractivity contribution in [1.82, 2.24) is 0 Å². The number of esters is 1. The molecule has 1 rings (SSSR count). The highest BCUT2D eigenvalue weighted by Gasteiger charge is 2.15. The minimum absolute atomic E-state index is 0.00686. The van der Waals surface area contributed by atoms with Crippen LogP contribution in [0, 0.1) is 11.3 Å². The predicted octanol–water partition coefficient (Wildman–Crippen LogP) is 2.02. The zero-order chi connectivity index (χ0) is 13.8. The second-order valence-electron chi connectivity index (χ2n) is 4.78. The third-order valence-electron chi connectivity index (χ3n) is 1.97. The van der Waals surface area contributed by atoms with E-state index in [1.807, 2.05) is 6.07 Å². The third-order valence-corrected chi connectivity index (χ3v) is 1.97. The van der Waals surface area contributed by atoms with Gasteiger partial charge in [-0.1, -0.05) is 0 Å². The van der Waals surface area contributed by atoms with Crippen molar-refractivity contribution in [3.05, 3.63) is 23.8 Å². The van der Waals surface area contributed by atoms with Crippen molar-refractivity contribution in [2.24, 2.45) is 0 Å². The standard InChI is InChI=1S/C13H16N2O3/c1-13(2,3)18-12(17)8-15-10-4-5-11(16)9(6-10)7-14/h4-6,15-16H,8H2,1-3H3. The van der Waals surface area contributed by atoms with Crippen molar-refractivity contribution in [3.63, 3.8) is 0 Å². The van der Waals surface area contributed by atoms with Gasteiger partial charge in [0.15, 0.2) is 0 Å². The number of aromatic hydroxyl groups is 1. The fourth-order valence-electron chi connectivity index (χ4n) is 1.29. The Morgan fingerprint density at radius 1 is 1.50 bits per heavy atom. The van der Waals surface area contributed by atoms with Gasteiger partial charge in [0.2, 0.25) is 0 Å². The third kappa shape index (κ3) is 4.34. The second-order valence-corrected chi connectivity index (χ2v) is 4.78. The van der Waals surface area contributed by atoms with E-state index in [2.05, 4.69) is 5.32 Å².